The second kappa shape index (κ2) is 9.72. The second-order valence-corrected chi connectivity index (χ2v) is 6.45. The molecule has 1 heterocycles. The Balaban J connectivity index is 1.67. The number of nitrogens with one attached hydrogen (secondary N) is 3. The molecule has 1 amide bonds. The van der Waals surface area contributed by atoms with Crippen molar-refractivity contribution in [1.29, 1.82) is 0 Å². The van der Waals surface area contributed by atoms with Gasteiger partial charge in [-0.3, -0.25) is 9.79 Å². The quantitative estimate of drug-likeness (QED) is 0.410. The molecule has 0 aliphatic rings. The molecule has 0 spiro atoms. The molecule has 0 bridgehead atoms. The fourth-order valence-corrected chi connectivity index (χ4v) is 3.04. The number of aryl methyl sites for hydroxylation is 1. The van der Waals surface area contributed by atoms with Crippen molar-refractivity contribution in [2.45, 2.75) is 19.9 Å². The van der Waals surface area contributed by atoms with Gasteiger partial charge in [-0.2, -0.15) is 0 Å². The highest BCUT2D eigenvalue weighted by Crippen LogP contribution is 2.16. The fraction of sp³-hybridized carbons (Fsp3) is 0.333. The highest BCUT2D eigenvalue weighted by molar-refractivity contribution is 7.11. The molecule has 2 rings (SSSR count). The Hall–Kier alpha value is -2.34. The molecular weight excluding hydrogens is 320 g/mol. The first kappa shape index (κ1) is 18.0. The van der Waals surface area contributed by atoms with E-state index in [1.54, 1.807) is 19.2 Å². The lowest BCUT2D eigenvalue weighted by Crippen LogP contribution is -2.41. The van der Waals surface area contributed by atoms with Gasteiger partial charge < -0.3 is 16.0 Å². The van der Waals surface area contributed by atoms with E-state index in [-0.39, 0.29) is 5.91 Å². The maximum atomic E-state index is 11.9. The second-order valence-electron chi connectivity index (χ2n) is 5.20. The summed E-state index contributed by atoms with van der Waals surface area (Å²) in [6, 6.07) is 13.5. The summed E-state index contributed by atoms with van der Waals surface area (Å²) in [5.74, 6) is 0.668. The maximum Gasteiger partial charge on any atom is 0.251 e. The van der Waals surface area contributed by atoms with Gasteiger partial charge in [0, 0.05) is 35.5 Å². The number of rotatable bonds is 7. The third-order valence-electron chi connectivity index (χ3n) is 3.46. The lowest BCUT2D eigenvalue weighted by atomic mass is 10.2. The average molecular weight is 344 g/mol. The van der Waals surface area contributed by atoms with E-state index in [2.05, 4.69) is 40.0 Å². The summed E-state index contributed by atoms with van der Waals surface area (Å²) in [4.78, 5) is 18.8. The van der Waals surface area contributed by atoms with Gasteiger partial charge in [-0.05, 0) is 30.7 Å². The number of carbonyl (C=O) groups is 1. The van der Waals surface area contributed by atoms with Crippen LogP contribution in [0, 0.1) is 0 Å². The number of benzene rings is 1. The summed E-state index contributed by atoms with van der Waals surface area (Å²) in [5.41, 5.74) is 0.671. The lowest BCUT2D eigenvalue weighted by Gasteiger charge is -2.11. The molecule has 0 aliphatic carbocycles. The minimum Gasteiger partial charge on any atom is -0.355 e. The van der Waals surface area contributed by atoms with Crippen LogP contribution in [0.5, 0.6) is 0 Å². The standard InChI is InChI=1S/C18H24N4OS/c1-3-15-9-10-16(24-15)13-22-18(19-2)21-12-11-20-17(23)14-7-5-4-6-8-14/h4-10H,3,11-13H2,1-2H3,(H,20,23)(H2,19,21,22). The van der Waals surface area contributed by atoms with E-state index in [1.165, 1.54) is 9.75 Å². The molecule has 2 aromatic rings. The Kier molecular flexibility index (Phi) is 7.29. The smallest absolute Gasteiger partial charge is 0.251 e. The Morgan fingerprint density at radius 2 is 1.71 bits per heavy atom. The van der Waals surface area contributed by atoms with E-state index in [9.17, 15) is 4.79 Å². The van der Waals surface area contributed by atoms with Gasteiger partial charge in [0.1, 0.15) is 0 Å². The predicted octanol–water partition coefficient (Wildman–Crippen LogP) is 2.41. The summed E-state index contributed by atoms with van der Waals surface area (Å²) in [7, 11) is 1.74. The number of hydrogen-bond acceptors (Lipinski definition) is 3. The largest absolute Gasteiger partial charge is 0.355 e. The number of thiophene rings is 1. The topological polar surface area (TPSA) is 65.5 Å². The van der Waals surface area contributed by atoms with Crippen molar-refractivity contribution in [2.24, 2.45) is 4.99 Å². The highest BCUT2D eigenvalue weighted by atomic mass is 32.1. The average Bonchev–Trinajstić information content (AvgIpc) is 3.09. The number of hydrogen-bond donors (Lipinski definition) is 3. The molecule has 3 N–H and O–H groups in total. The van der Waals surface area contributed by atoms with Crippen molar-refractivity contribution >= 4 is 23.2 Å². The lowest BCUT2D eigenvalue weighted by molar-refractivity contribution is 0.0954. The summed E-state index contributed by atoms with van der Waals surface area (Å²) in [6.45, 7) is 4.06. The molecular formula is C18H24N4OS. The first-order valence-electron chi connectivity index (χ1n) is 8.08. The molecule has 5 nitrogen and oxygen atoms in total. The zero-order valence-electron chi connectivity index (χ0n) is 14.1. The predicted molar refractivity (Wildman–Crippen MR) is 101 cm³/mol. The SMILES string of the molecule is CCc1ccc(CNC(=NC)NCCNC(=O)c2ccccc2)s1. The van der Waals surface area contributed by atoms with E-state index in [1.807, 2.05) is 29.5 Å². The molecule has 0 fully saturated rings. The van der Waals surface area contributed by atoms with Gasteiger partial charge in [0.25, 0.3) is 5.91 Å². The van der Waals surface area contributed by atoms with Crippen molar-refractivity contribution in [1.82, 2.24) is 16.0 Å². The van der Waals surface area contributed by atoms with Crippen LogP contribution in [0.25, 0.3) is 0 Å². The molecule has 0 atom stereocenters. The van der Waals surface area contributed by atoms with E-state index >= 15 is 0 Å². The molecule has 6 heteroatoms. The van der Waals surface area contributed by atoms with Crippen LogP contribution in [0.15, 0.2) is 47.5 Å². The fourth-order valence-electron chi connectivity index (χ4n) is 2.15. The summed E-state index contributed by atoms with van der Waals surface area (Å²) >= 11 is 1.81. The third-order valence-corrected chi connectivity index (χ3v) is 4.69. The van der Waals surface area contributed by atoms with Crippen LogP contribution >= 0.6 is 11.3 Å². The maximum absolute atomic E-state index is 11.9. The Bertz CT molecular complexity index is 667. The zero-order chi connectivity index (χ0) is 17.2. The van der Waals surface area contributed by atoms with E-state index in [4.69, 9.17) is 0 Å². The van der Waals surface area contributed by atoms with Gasteiger partial charge in [0.15, 0.2) is 5.96 Å². The molecule has 1 aromatic carbocycles. The number of carbonyl (C=O) groups excluding carboxylic acids is 1. The van der Waals surface area contributed by atoms with E-state index in [0.29, 0.717) is 18.7 Å². The Morgan fingerprint density at radius 3 is 2.38 bits per heavy atom. The van der Waals surface area contributed by atoms with Crippen LogP contribution in [0.2, 0.25) is 0 Å². The Morgan fingerprint density at radius 1 is 1.00 bits per heavy atom. The van der Waals surface area contributed by atoms with E-state index in [0.717, 1.165) is 18.9 Å². The van der Waals surface area contributed by atoms with Gasteiger partial charge in [-0.25, -0.2) is 0 Å². The van der Waals surface area contributed by atoms with Crippen molar-refractivity contribution in [3.05, 3.63) is 57.8 Å². The molecule has 0 saturated heterocycles. The summed E-state index contributed by atoms with van der Waals surface area (Å²) in [6.07, 6.45) is 1.07. The van der Waals surface area contributed by atoms with Crippen molar-refractivity contribution in [2.75, 3.05) is 20.1 Å². The van der Waals surface area contributed by atoms with Crippen molar-refractivity contribution in [3.63, 3.8) is 0 Å². The molecule has 1 aromatic heterocycles. The van der Waals surface area contributed by atoms with Gasteiger partial charge in [0.05, 0.1) is 6.54 Å². The number of guanidine groups is 1. The number of nitrogens with zero attached hydrogens (tertiary/aromatic N) is 1. The zero-order valence-corrected chi connectivity index (χ0v) is 15.0. The van der Waals surface area contributed by atoms with Crippen LogP contribution in [-0.4, -0.2) is 32.0 Å². The molecule has 0 saturated carbocycles. The molecule has 0 radical (unpaired) electrons. The third kappa shape index (κ3) is 5.70. The van der Waals surface area contributed by atoms with E-state index < -0.39 is 0 Å². The van der Waals surface area contributed by atoms with Gasteiger partial charge in [-0.15, -0.1) is 11.3 Å². The van der Waals surface area contributed by atoms with Crippen molar-refractivity contribution in [3.8, 4) is 0 Å². The molecule has 24 heavy (non-hydrogen) atoms. The minimum atomic E-state index is -0.0639. The molecule has 128 valence electrons. The first-order valence-corrected chi connectivity index (χ1v) is 8.90. The van der Waals surface area contributed by atoms with Gasteiger partial charge in [-0.1, -0.05) is 25.1 Å². The Labute approximate surface area is 147 Å². The first-order chi connectivity index (χ1) is 11.7. The number of aliphatic imine (C=N–C) groups is 1. The molecule has 0 aliphatic heterocycles. The summed E-state index contributed by atoms with van der Waals surface area (Å²) < 4.78 is 0. The van der Waals surface area contributed by atoms with Crippen LogP contribution in [0.1, 0.15) is 27.0 Å². The van der Waals surface area contributed by atoms with Gasteiger partial charge >= 0.3 is 0 Å². The minimum absolute atomic E-state index is 0.0639. The van der Waals surface area contributed by atoms with Crippen LogP contribution in [0.3, 0.4) is 0 Å². The van der Waals surface area contributed by atoms with Crippen LogP contribution < -0.4 is 16.0 Å². The number of amides is 1. The van der Waals surface area contributed by atoms with Crippen LogP contribution in [0.4, 0.5) is 0 Å². The van der Waals surface area contributed by atoms with Gasteiger partial charge in [0.2, 0.25) is 0 Å². The normalized spacial score (nSPS) is 11.2. The van der Waals surface area contributed by atoms with Crippen molar-refractivity contribution < 1.29 is 4.79 Å². The summed E-state index contributed by atoms with van der Waals surface area (Å²) in [5, 5.41) is 9.36. The highest BCUT2D eigenvalue weighted by Gasteiger charge is 2.04. The monoisotopic (exact) mass is 344 g/mol. The molecule has 0 unspecified atom stereocenters. The van der Waals surface area contributed by atoms with Crippen LogP contribution in [-0.2, 0) is 13.0 Å².